The van der Waals surface area contributed by atoms with Crippen LogP contribution in [0.5, 0.6) is 5.75 Å². The number of rotatable bonds is 7. The number of hydrogen-bond acceptors (Lipinski definition) is 6. The number of aliphatic hydroxyl groups excluding tert-OH is 1. The highest BCUT2D eigenvalue weighted by Crippen LogP contribution is 2.35. The Morgan fingerprint density at radius 3 is 2.56 bits per heavy atom. The number of nitriles is 1. The van der Waals surface area contributed by atoms with Crippen LogP contribution in [0.25, 0.3) is 21.1 Å². The summed E-state index contributed by atoms with van der Waals surface area (Å²) in [6, 6.07) is 12.1. The summed E-state index contributed by atoms with van der Waals surface area (Å²) in [6.45, 7) is 6.34. The summed E-state index contributed by atoms with van der Waals surface area (Å²) in [5.41, 5.74) is 3.51. The number of allylic oxidation sites excluding steroid dienone is 1. The molecule has 0 saturated carbocycles. The molecular formula is C23H20F3N3O2S. The van der Waals surface area contributed by atoms with Gasteiger partial charge in [-0.15, -0.1) is 10.2 Å². The van der Waals surface area contributed by atoms with E-state index in [9.17, 15) is 23.5 Å². The first-order valence-electron chi connectivity index (χ1n) is 9.66. The molecule has 0 bridgehead atoms. The van der Waals surface area contributed by atoms with Crippen LogP contribution in [-0.4, -0.2) is 27.6 Å². The number of aryl methyl sites for hydroxylation is 2. The van der Waals surface area contributed by atoms with E-state index in [1.807, 2.05) is 31.2 Å². The van der Waals surface area contributed by atoms with E-state index in [1.54, 1.807) is 6.07 Å². The number of halogens is 3. The van der Waals surface area contributed by atoms with Gasteiger partial charge in [-0.05, 0) is 49.6 Å². The fourth-order valence-corrected chi connectivity index (χ4v) is 3.90. The SMILES string of the molecule is C=C(O)CCc1ccc(-c2nnc(-c3ccc(OC(C)C(F)(F)F)c(C#N)c3)s2)c(C)c1. The molecule has 5 nitrogen and oxygen atoms in total. The number of hydrogen-bond donors (Lipinski definition) is 1. The zero-order valence-corrected chi connectivity index (χ0v) is 18.2. The van der Waals surface area contributed by atoms with Crippen LogP contribution >= 0.6 is 11.3 Å². The lowest BCUT2D eigenvalue weighted by molar-refractivity contribution is -0.189. The second kappa shape index (κ2) is 9.40. The highest BCUT2D eigenvalue weighted by atomic mass is 32.1. The van der Waals surface area contributed by atoms with E-state index in [4.69, 9.17) is 4.74 Å². The zero-order valence-electron chi connectivity index (χ0n) is 17.4. The normalized spacial score (nSPS) is 12.2. The Morgan fingerprint density at radius 1 is 1.22 bits per heavy atom. The number of aliphatic hydroxyl groups is 1. The molecule has 0 spiro atoms. The third-order valence-corrected chi connectivity index (χ3v) is 5.77. The minimum absolute atomic E-state index is 0.0126. The third-order valence-electron chi connectivity index (χ3n) is 4.76. The number of aromatic nitrogens is 2. The summed E-state index contributed by atoms with van der Waals surface area (Å²) in [6.07, 6.45) is -5.39. The molecule has 1 N–H and O–H groups in total. The predicted molar refractivity (Wildman–Crippen MR) is 116 cm³/mol. The molecule has 0 aliphatic carbocycles. The van der Waals surface area contributed by atoms with Crippen molar-refractivity contribution in [3.8, 4) is 33.0 Å². The Balaban J connectivity index is 1.84. The maximum Gasteiger partial charge on any atom is 0.425 e. The first kappa shape index (κ1) is 23.3. The van der Waals surface area contributed by atoms with Crippen molar-refractivity contribution in [2.75, 3.05) is 0 Å². The lowest BCUT2D eigenvalue weighted by Crippen LogP contribution is -2.31. The Bertz CT molecular complexity index is 1180. The van der Waals surface area contributed by atoms with Crippen molar-refractivity contribution in [1.29, 1.82) is 5.26 Å². The van der Waals surface area contributed by atoms with Crippen molar-refractivity contribution in [3.63, 3.8) is 0 Å². The van der Waals surface area contributed by atoms with Crippen LogP contribution < -0.4 is 4.74 Å². The summed E-state index contributed by atoms with van der Waals surface area (Å²) in [7, 11) is 0. The second-order valence-corrected chi connectivity index (χ2v) is 8.23. The highest BCUT2D eigenvalue weighted by molar-refractivity contribution is 7.17. The van der Waals surface area contributed by atoms with Gasteiger partial charge in [0.1, 0.15) is 21.8 Å². The summed E-state index contributed by atoms with van der Waals surface area (Å²) < 4.78 is 43.3. The van der Waals surface area contributed by atoms with Crippen LogP contribution in [0.2, 0.25) is 0 Å². The lowest BCUT2D eigenvalue weighted by Gasteiger charge is -2.18. The molecule has 0 fully saturated rings. The average Bonchev–Trinajstić information content (AvgIpc) is 3.21. The van der Waals surface area contributed by atoms with Gasteiger partial charge in [0.25, 0.3) is 0 Å². The van der Waals surface area contributed by atoms with Crippen LogP contribution in [0.1, 0.15) is 30.0 Å². The van der Waals surface area contributed by atoms with Crippen molar-refractivity contribution in [1.82, 2.24) is 10.2 Å². The van der Waals surface area contributed by atoms with Gasteiger partial charge < -0.3 is 9.84 Å². The first-order chi connectivity index (χ1) is 15.1. The standard InChI is InChI=1S/C23H20F3N3O2S/c1-13-10-16(5-4-14(2)30)6-8-19(13)22-29-28-21(32-22)17-7-9-20(18(11-17)12-27)31-15(3)23(24,25)26/h6-11,15,30H,2,4-5H2,1,3H3. The molecule has 2 aromatic carbocycles. The van der Waals surface area contributed by atoms with Crippen LogP contribution in [0.4, 0.5) is 13.2 Å². The van der Waals surface area contributed by atoms with Crippen LogP contribution in [0.15, 0.2) is 48.7 Å². The van der Waals surface area contributed by atoms with E-state index in [1.165, 1.54) is 23.5 Å². The van der Waals surface area contributed by atoms with Gasteiger partial charge in [-0.2, -0.15) is 18.4 Å². The molecule has 1 heterocycles. The van der Waals surface area contributed by atoms with Gasteiger partial charge >= 0.3 is 6.18 Å². The van der Waals surface area contributed by atoms with Crippen molar-refractivity contribution in [2.24, 2.45) is 0 Å². The molecular weight excluding hydrogens is 439 g/mol. The molecule has 1 atom stereocenters. The summed E-state index contributed by atoms with van der Waals surface area (Å²) in [4.78, 5) is 0. The maximum absolute atomic E-state index is 12.8. The van der Waals surface area contributed by atoms with E-state index in [-0.39, 0.29) is 17.1 Å². The van der Waals surface area contributed by atoms with Crippen LogP contribution in [0, 0.1) is 18.3 Å². The fourth-order valence-electron chi connectivity index (χ4n) is 2.97. The number of alkyl halides is 3. The molecule has 166 valence electrons. The van der Waals surface area contributed by atoms with E-state index < -0.39 is 12.3 Å². The van der Waals surface area contributed by atoms with Gasteiger partial charge in [0.2, 0.25) is 0 Å². The van der Waals surface area contributed by atoms with Gasteiger partial charge in [-0.1, -0.05) is 36.1 Å². The average molecular weight is 459 g/mol. The van der Waals surface area contributed by atoms with Gasteiger partial charge in [0, 0.05) is 17.5 Å². The Hall–Kier alpha value is -3.38. The molecule has 1 aromatic heterocycles. The van der Waals surface area contributed by atoms with Gasteiger partial charge in [0.15, 0.2) is 6.10 Å². The maximum atomic E-state index is 12.8. The quantitative estimate of drug-likeness (QED) is 0.415. The van der Waals surface area contributed by atoms with E-state index in [0.29, 0.717) is 28.4 Å². The topological polar surface area (TPSA) is 79.0 Å². The van der Waals surface area contributed by atoms with E-state index in [0.717, 1.165) is 23.6 Å². The van der Waals surface area contributed by atoms with Gasteiger partial charge in [-0.3, -0.25) is 0 Å². The van der Waals surface area contributed by atoms with Crippen molar-refractivity contribution < 1.29 is 23.0 Å². The minimum atomic E-state index is -4.53. The third kappa shape index (κ3) is 5.45. The minimum Gasteiger partial charge on any atom is -0.513 e. The first-order valence-corrected chi connectivity index (χ1v) is 10.5. The van der Waals surface area contributed by atoms with Gasteiger partial charge in [-0.25, -0.2) is 0 Å². The van der Waals surface area contributed by atoms with Crippen molar-refractivity contribution in [3.05, 3.63) is 65.4 Å². The van der Waals surface area contributed by atoms with Crippen LogP contribution in [-0.2, 0) is 6.42 Å². The van der Waals surface area contributed by atoms with Crippen molar-refractivity contribution in [2.45, 2.75) is 39.0 Å². The molecule has 3 rings (SSSR count). The fraction of sp³-hybridized carbons (Fsp3) is 0.261. The number of ether oxygens (including phenoxy) is 1. The Morgan fingerprint density at radius 2 is 1.94 bits per heavy atom. The molecule has 9 heteroatoms. The zero-order chi connectivity index (χ0) is 23.5. The molecule has 1 unspecified atom stereocenters. The number of nitrogens with zero attached hydrogens (tertiary/aromatic N) is 3. The molecule has 0 saturated heterocycles. The summed E-state index contributed by atoms with van der Waals surface area (Å²) in [5, 5.41) is 28.3. The van der Waals surface area contributed by atoms with Gasteiger partial charge in [0.05, 0.1) is 11.3 Å². The monoisotopic (exact) mass is 459 g/mol. The Kier molecular flexibility index (Phi) is 6.84. The van der Waals surface area contributed by atoms with Crippen molar-refractivity contribution >= 4 is 11.3 Å². The molecule has 0 aliphatic heterocycles. The molecule has 0 radical (unpaired) electrons. The number of benzene rings is 2. The van der Waals surface area contributed by atoms with E-state index in [2.05, 4.69) is 16.8 Å². The molecule has 3 aromatic rings. The molecule has 0 amide bonds. The smallest absolute Gasteiger partial charge is 0.425 e. The molecule has 32 heavy (non-hydrogen) atoms. The lowest BCUT2D eigenvalue weighted by atomic mass is 10.0. The summed E-state index contributed by atoms with van der Waals surface area (Å²) in [5.74, 6) is 0.00400. The Labute approximate surface area is 187 Å². The van der Waals surface area contributed by atoms with E-state index >= 15 is 0 Å². The molecule has 0 aliphatic rings. The highest BCUT2D eigenvalue weighted by Gasteiger charge is 2.38. The predicted octanol–water partition coefficient (Wildman–Crippen LogP) is 6.39. The second-order valence-electron chi connectivity index (χ2n) is 7.25. The largest absolute Gasteiger partial charge is 0.513 e. The summed E-state index contributed by atoms with van der Waals surface area (Å²) >= 11 is 1.31. The van der Waals surface area contributed by atoms with Crippen LogP contribution in [0.3, 0.4) is 0 Å².